The van der Waals surface area contributed by atoms with Crippen LogP contribution in [0.5, 0.6) is 5.75 Å². The lowest BCUT2D eigenvalue weighted by Crippen LogP contribution is -2.21. The Morgan fingerprint density at radius 3 is 2.13 bits per heavy atom. The zero-order valence-corrected chi connectivity index (χ0v) is 20.6. The van der Waals surface area contributed by atoms with Crippen LogP contribution in [0.15, 0.2) is 65.3 Å². The van der Waals surface area contributed by atoms with E-state index in [-0.39, 0.29) is 0 Å². The van der Waals surface area contributed by atoms with E-state index in [2.05, 4.69) is 58.7 Å². The molecule has 168 valence electrons. The molecule has 0 atom stereocenters. The number of rotatable bonds is 6. The van der Waals surface area contributed by atoms with Gasteiger partial charge < -0.3 is 14.4 Å². The third-order valence-electron chi connectivity index (χ3n) is 5.09. The molecule has 0 saturated carbocycles. The van der Waals surface area contributed by atoms with Gasteiger partial charge in [0.25, 0.3) is 0 Å². The van der Waals surface area contributed by atoms with Gasteiger partial charge in [-0.1, -0.05) is 73.1 Å². The molecule has 2 heterocycles. The number of aromatic nitrogens is 1. The van der Waals surface area contributed by atoms with E-state index in [0.29, 0.717) is 6.61 Å². The summed E-state index contributed by atoms with van der Waals surface area (Å²) in [7, 11) is 0. The van der Waals surface area contributed by atoms with Crippen LogP contribution in [0.2, 0.25) is 0 Å². The first-order valence-corrected chi connectivity index (χ1v) is 12.0. The van der Waals surface area contributed by atoms with E-state index in [1.54, 1.807) is 6.20 Å². The Balaban J connectivity index is 0.000000234. The Morgan fingerprint density at radius 1 is 0.903 bits per heavy atom. The van der Waals surface area contributed by atoms with E-state index in [4.69, 9.17) is 9.47 Å². The third kappa shape index (κ3) is 8.98. The molecule has 5 heteroatoms. The van der Waals surface area contributed by atoms with Crippen molar-refractivity contribution in [1.82, 2.24) is 9.88 Å². The van der Waals surface area contributed by atoms with E-state index in [9.17, 15) is 0 Å². The van der Waals surface area contributed by atoms with Gasteiger partial charge in [0.2, 0.25) is 0 Å². The first kappa shape index (κ1) is 25.3. The minimum absolute atomic E-state index is 0.550. The smallest absolute Gasteiger partial charge is 0.146 e. The highest BCUT2D eigenvalue weighted by Crippen LogP contribution is 2.30. The van der Waals surface area contributed by atoms with Crippen LogP contribution in [0.1, 0.15) is 39.2 Å². The molecule has 0 amide bonds. The first-order chi connectivity index (χ1) is 15.2. The van der Waals surface area contributed by atoms with Gasteiger partial charge in [0.15, 0.2) is 0 Å². The number of fused-ring (bicyclic) bond motifs is 1. The largest absolute Gasteiger partial charge is 0.487 e. The molecule has 1 aromatic heterocycles. The number of nitrogens with zero attached hydrogens (tertiary/aromatic N) is 2. The first-order valence-electron chi connectivity index (χ1n) is 11.2. The zero-order valence-electron chi connectivity index (χ0n) is 19.0. The summed E-state index contributed by atoms with van der Waals surface area (Å²) < 4.78 is 11.9. The number of halogens is 1. The number of hydrogen-bond donors (Lipinski definition) is 0. The van der Waals surface area contributed by atoms with Crippen molar-refractivity contribution in [3.63, 3.8) is 0 Å². The van der Waals surface area contributed by atoms with E-state index in [1.165, 1.54) is 32.5 Å². The van der Waals surface area contributed by atoms with E-state index in [1.807, 2.05) is 42.5 Å². The van der Waals surface area contributed by atoms with Gasteiger partial charge in [-0.2, -0.15) is 0 Å². The van der Waals surface area contributed by atoms with Crippen molar-refractivity contribution in [3.05, 3.63) is 70.8 Å². The summed E-state index contributed by atoms with van der Waals surface area (Å²) in [6, 6.07) is 18.0. The molecule has 1 aliphatic heterocycles. The lowest BCUT2D eigenvalue weighted by Gasteiger charge is -2.13. The topological polar surface area (TPSA) is 34.6 Å². The van der Waals surface area contributed by atoms with Crippen molar-refractivity contribution >= 4 is 26.8 Å². The highest BCUT2D eigenvalue weighted by molar-refractivity contribution is 9.10. The maximum atomic E-state index is 5.88. The summed E-state index contributed by atoms with van der Waals surface area (Å²) in [5.74, 6) is 0.808. The third-order valence-corrected chi connectivity index (χ3v) is 5.78. The quantitative estimate of drug-likeness (QED) is 0.387. The molecular weight excluding hydrogens is 452 g/mol. The average molecular weight is 487 g/mol. The Morgan fingerprint density at radius 2 is 1.58 bits per heavy atom. The van der Waals surface area contributed by atoms with Crippen LogP contribution in [0.4, 0.5) is 0 Å². The maximum absolute atomic E-state index is 5.88. The molecule has 1 fully saturated rings. The molecule has 0 radical (unpaired) electrons. The normalized spacial score (nSPS) is 12.7. The molecule has 3 aromatic rings. The molecule has 0 unspecified atom stereocenters. The lowest BCUT2D eigenvalue weighted by atomic mass is 10.2. The minimum Gasteiger partial charge on any atom is -0.487 e. The fourth-order valence-electron chi connectivity index (χ4n) is 3.14. The Hall–Kier alpha value is -1.95. The molecule has 2 aromatic carbocycles. The average Bonchev–Trinajstić information content (AvgIpc) is 3.42. The second-order valence-electron chi connectivity index (χ2n) is 7.16. The fraction of sp³-hybridized carbons (Fsp3) is 0.423. The van der Waals surface area contributed by atoms with Crippen molar-refractivity contribution in [2.24, 2.45) is 0 Å². The van der Waals surface area contributed by atoms with Crippen molar-refractivity contribution in [2.75, 3.05) is 32.8 Å². The molecule has 4 nitrogen and oxygen atoms in total. The van der Waals surface area contributed by atoms with Gasteiger partial charge >= 0.3 is 0 Å². The minimum atomic E-state index is 0.550. The Labute approximate surface area is 195 Å². The summed E-state index contributed by atoms with van der Waals surface area (Å²) in [6.07, 6.45) is 4.34. The van der Waals surface area contributed by atoms with Gasteiger partial charge in [-0.05, 0) is 56.2 Å². The number of ether oxygens (including phenoxy) is 2. The zero-order chi connectivity index (χ0) is 22.3. The second kappa shape index (κ2) is 15.0. The van der Waals surface area contributed by atoms with Crippen LogP contribution in [0.3, 0.4) is 0 Å². The van der Waals surface area contributed by atoms with Crippen molar-refractivity contribution in [2.45, 2.75) is 40.2 Å². The summed E-state index contributed by atoms with van der Waals surface area (Å²) in [5, 5.41) is 1.06. The van der Waals surface area contributed by atoms with Gasteiger partial charge in [0, 0.05) is 29.3 Å². The molecule has 0 N–H and O–H groups in total. The molecule has 1 aliphatic rings. The molecule has 4 rings (SSSR count). The number of pyridine rings is 1. The molecule has 0 aliphatic carbocycles. The van der Waals surface area contributed by atoms with Crippen LogP contribution < -0.4 is 4.74 Å². The summed E-state index contributed by atoms with van der Waals surface area (Å²) in [5.41, 5.74) is 2.03. The van der Waals surface area contributed by atoms with Crippen molar-refractivity contribution < 1.29 is 9.47 Å². The standard InChI is InChI=1S/C16H12BrNO.C6H15N.C4H8O/c17-14-8-9-15(16-13(14)7-4-10-18-16)19-11-12-5-2-1-3-6-12;1-4-7(5-2)6-3;1-2-4-5-3-1/h1-10H,11H2;4-6H2,1-3H3;1-4H2. The van der Waals surface area contributed by atoms with Gasteiger partial charge in [-0.3, -0.25) is 4.98 Å². The Bertz CT molecular complexity index is 853. The van der Waals surface area contributed by atoms with Crippen molar-refractivity contribution in [3.8, 4) is 5.75 Å². The molecule has 0 bridgehead atoms. The number of hydrogen-bond acceptors (Lipinski definition) is 4. The van der Waals surface area contributed by atoms with Crippen LogP contribution in [-0.2, 0) is 11.3 Å². The van der Waals surface area contributed by atoms with Crippen LogP contribution in [-0.4, -0.2) is 42.7 Å². The lowest BCUT2D eigenvalue weighted by molar-refractivity contribution is 0.198. The molecular formula is C26H35BrN2O2. The van der Waals surface area contributed by atoms with Gasteiger partial charge in [0.1, 0.15) is 17.9 Å². The van der Waals surface area contributed by atoms with Crippen LogP contribution >= 0.6 is 15.9 Å². The van der Waals surface area contributed by atoms with E-state index < -0.39 is 0 Å². The maximum Gasteiger partial charge on any atom is 0.146 e. The summed E-state index contributed by atoms with van der Waals surface area (Å²) in [4.78, 5) is 6.77. The predicted molar refractivity (Wildman–Crippen MR) is 134 cm³/mol. The van der Waals surface area contributed by atoms with Crippen molar-refractivity contribution in [1.29, 1.82) is 0 Å². The van der Waals surface area contributed by atoms with Crippen LogP contribution in [0.25, 0.3) is 10.9 Å². The second-order valence-corrected chi connectivity index (χ2v) is 8.01. The van der Waals surface area contributed by atoms with E-state index in [0.717, 1.165) is 39.9 Å². The van der Waals surface area contributed by atoms with Gasteiger partial charge in [0.05, 0.1) is 0 Å². The molecule has 1 saturated heterocycles. The number of benzene rings is 2. The molecule has 0 spiro atoms. The SMILES string of the molecule is Brc1ccc(OCc2ccccc2)c2ncccc12.C1CCOC1.CCN(CC)CC. The van der Waals surface area contributed by atoms with Gasteiger partial charge in [-0.25, -0.2) is 0 Å². The highest BCUT2D eigenvalue weighted by Gasteiger charge is 2.06. The highest BCUT2D eigenvalue weighted by atomic mass is 79.9. The monoisotopic (exact) mass is 486 g/mol. The summed E-state index contributed by atoms with van der Waals surface area (Å²) in [6.45, 7) is 12.7. The Kier molecular flexibility index (Phi) is 12.2. The fourth-order valence-corrected chi connectivity index (χ4v) is 3.60. The predicted octanol–water partition coefficient (Wildman–Crippen LogP) is 6.72. The van der Waals surface area contributed by atoms with Gasteiger partial charge in [-0.15, -0.1) is 0 Å². The summed E-state index contributed by atoms with van der Waals surface area (Å²) >= 11 is 3.53. The van der Waals surface area contributed by atoms with E-state index >= 15 is 0 Å². The molecule has 31 heavy (non-hydrogen) atoms. The van der Waals surface area contributed by atoms with Crippen LogP contribution in [0, 0.1) is 0 Å².